The van der Waals surface area contributed by atoms with Crippen LogP contribution >= 0.6 is 0 Å². The van der Waals surface area contributed by atoms with Gasteiger partial charge in [-0.15, -0.1) is 0 Å². The summed E-state index contributed by atoms with van der Waals surface area (Å²) in [7, 11) is 0. The number of hydrogen-bond acceptors (Lipinski definition) is 4. The van der Waals surface area contributed by atoms with Gasteiger partial charge in [0, 0.05) is 24.7 Å². The van der Waals surface area contributed by atoms with E-state index in [1.54, 1.807) is 4.68 Å². The van der Waals surface area contributed by atoms with Gasteiger partial charge in [0.1, 0.15) is 5.39 Å². The number of benzene rings is 2. The van der Waals surface area contributed by atoms with E-state index in [1.807, 2.05) is 30.3 Å². The highest BCUT2D eigenvalue weighted by Crippen LogP contribution is 2.14. The molecule has 146 valence electrons. The Morgan fingerprint density at radius 2 is 1.86 bits per heavy atom. The lowest BCUT2D eigenvalue weighted by Crippen LogP contribution is -2.23. The van der Waals surface area contributed by atoms with Crippen LogP contribution in [-0.2, 0) is 11.3 Å². The second-order valence-electron chi connectivity index (χ2n) is 6.30. The Bertz CT molecular complexity index is 1250. The molecule has 0 aliphatic rings. The third-order valence-electron chi connectivity index (χ3n) is 4.34. The van der Waals surface area contributed by atoms with E-state index in [0.717, 1.165) is 17.8 Å². The molecule has 7 nitrogen and oxygen atoms in total. The predicted molar refractivity (Wildman–Crippen MR) is 103 cm³/mol. The molecule has 4 rings (SSSR count). The zero-order chi connectivity index (χ0) is 20.4. The molecule has 0 saturated carbocycles. The van der Waals surface area contributed by atoms with Gasteiger partial charge in [-0.05, 0) is 24.3 Å². The van der Waals surface area contributed by atoms with Crippen molar-refractivity contribution < 1.29 is 13.6 Å². The first kappa shape index (κ1) is 18.5. The number of carbonyl (C=O) groups is 1. The number of rotatable bonds is 5. The van der Waals surface area contributed by atoms with E-state index in [2.05, 4.69) is 15.4 Å². The number of amides is 1. The predicted octanol–water partition coefficient (Wildman–Crippen LogP) is 2.89. The maximum atomic E-state index is 13.2. The molecule has 4 aromatic rings. The van der Waals surface area contributed by atoms with Crippen LogP contribution < -0.4 is 10.9 Å². The molecule has 0 saturated heterocycles. The van der Waals surface area contributed by atoms with Crippen LogP contribution in [-0.4, -0.2) is 25.2 Å². The van der Waals surface area contributed by atoms with Gasteiger partial charge in [-0.25, -0.2) is 18.4 Å². The summed E-state index contributed by atoms with van der Waals surface area (Å²) in [6.45, 7) is 0.0772. The fourth-order valence-electron chi connectivity index (χ4n) is 2.89. The molecule has 1 N–H and O–H groups in total. The molecule has 2 aromatic heterocycles. The van der Waals surface area contributed by atoms with E-state index < -0.39 is 17.5 Å². The summed E-state index contributed by atoms with van der Waals surface area (Å²) in [4.78, 5) is 29.0. The number of hydrogen-bond donors (Lipinski definition) is 1. The number of halogens is 2. The molecule has 1 amide bonds. The van der Waals surface area contributed by atoms with Gasteiger partial charge in [0.25, 0.3) is 5.56 Å². The smallest absolute Gasteiger partial charge is 0.264 e. The number of nitrogens with zero attached hydrogens (tertiary/aromatic N) is 4. The van der Waals surface area contributed by atoms with E-state index in [9.17, 15) is 18.4 Å². The minimum Gasteiger partial charge on any atom is -0.326 e. The Balaban J connectivity index is 1.50. The molecular weight excluding hydrogens is 380 g/mol. The van der Waals surface area contributed by atoms with Crippen LogP contribution in [0.4, 0.5) is 14.5 Å². The van der Waals surface area contributed by atoms with Crippen molar-refractivity contribution in [3.05, 3.63) is 83.0 Å². The molecule has 0 spiro atoms. The van der Waals surface area contributed by atoms with E-state index in [-0.39, 0.29) is 24.2 Å². The molecule has 0 fully saturated rings. The summed E-state index contributed by atoms with van der Waals surface area (Å²) in [5.74, 6) is -2.49. The lowest BCUT2D eigenvalue weighted by Gasteiger charge is -2.08. The van der Waals surface area contributed by atoms with Crippen LogP contribution in [0.1, 0.15) is 6.42 Å². The van der Waals surface area contributed by atoms with E-state index >= 15 is 0 Å². The first-order chi connectivity index (χ1) is 14.0. The summed E-state index contributed by atoms with van der Waals surface area (Å²) >= 11 is 0. The molecule has 29 heavy (non-hydrogen) atoms. The topological polar surface area (TPSA) is 81.8 Å². The van der Waals surface area contributed by atoms with Crippen LogP contribution in [0, 0.1) is 11.6 Å². The molecular formula is C20H15F2N5O2. The first-order valence-corrected chi connectivity index (χ1v) is 8.76. The van der Waals surface area contributed by atoms with Crippen molar-refractivity contribution >= 4 is 22.6 Å². The van der Waals surface area contributed by atoms with Gasteiger partial charge in [-0.1, -0.05) is 18.2 Å². The summed E-state index contributed by atoms with van der Waals surface area (Å²) in [6.07, 6.45) is 2.76. The van der Waals surface area contributed by atoms with Crippen molar-refractivity contribution in [2.45, 2.75) is 13.0 Å². The number of aromatic nitrogens is 4. The quantitative estimate of drug-likeness (QED) is 0.563. The SMILES string of the molecule is O=C(CCn1cnc2c(cnn2-c2ccccc2)c1=O)Nc1ccc(F)c(F)c1. The number of anilines is 1. The number of fused-ring (bicyclic) bond motifs is 1. The second kappa shape index (κ2) is 7.63. The molecule has 0 aliphatic heterocycles. The fraction of sp³-hybridized carbons (Fsp3) is 0.100. The van der Waals surface area contributed by atoms with Gasteiger partial charge in [0.15, 0.2) is 17.3 Å². The first-order valence-electron chi connectivity index (χ1n) is 8.76. The van der Waals surface area contributed by atoms with Crippen molar-refractivity contribution in [3.63, 3.8) is 0 Å². The third-order valence-corrected chi connectivity index (χ3v) is 4.34. The minimum atomic E-state index is -1.05. The van der Waals surface area contributed by atoms with Gasteiger partial charge >= 0.3 is 0 Å². The second-order valence-corrected chi connectivity index (χ2v) is 6.30. The monoisotopic (exact) mass is 395 g/mol. The summed E-state index contributed by atoms with van der Waals surface area (Å²) < 4.78 is 29.0. The summed E-state index contributed by atoms with van der Waals surface area (Å²) in [5, 5.41) is 7.02. The molecule has 0 atom stereocenters. The highest BCUT2D eigenvalue weighted by atomic mass is 19.2. The molecule has 0 bridgehead atoms. The van der Waals surface area contributed by atoms with E-state index in [1.165, 1.54) is 23.2 Å². The number of aryl methyl sites for hydroxylation is 1. The van der Waals surface area contributed by atoms with Gasteiger partial charge in [-0.3, -0.25) is 14.2 Å². The molecule has 0 unspecified atom stereocenters. The van der Waals surface area contributed by atoms with Gasteiger partial charge in [0.05, 0.1) is 18.2 Å². The van der Waals surface area contributed by atoms with Crippen LogP contribution in [0.15, 0.2) is 65.8 Å². The number of nitrogens with one attached hydrogen (secondary N) is 1. The Morgan fingerprint density at radius 3 is 2.62 bits per heavy atom. The average molecular weight is 395 g/mol. The van der Waals surface area contributed by atoms with Crippen molar-refractivity contribution in [1.29, 1.82) is 0 Å². The zero-order valence-electron chi connectivity index (χ0n) is 15.0. The van der Waals surface area contributed by atoms with Crippen LogP contribution in [0.25, 0.3) is 16.7 Å². The van der Waals surface area contributed by atoms with E-state index in [4.69, 9.17) is 0 Å². The third kappa shape index (κ3) is 3.75. The largest absolute Gasteiger partial charge is 0.326 e. The van der Waals surface area contributed by atoms with Crippen molar-refractivity contribution in [3.8, 4) is 5.69 Å². The van der Waals surface area contributed by atoms with Crippen LogP contribution in [0.3, 0.4) is 0 Å². The molecule has 2 aromatic carbocycles. The summed E-state index contributed by atoms with van der Waals surface area (Å²) in [5.41, 5.74) is 1.01. The minimum absolute atomic E-state index is 0.0427. The normalized spacial score (nSPS) is 11.0. The molecule has 2 heterocycles. The maximum absolute atomic E-state index is 13.2. The highest BCUT2D eigenvalue weighted by Gasteiger charge is 2.12. The van der Waals surface area contributed by atoms with Gasteiger partial charge < -0.3 is 5.32 Å². The van der Waals surface area contributed by atoms with Gasteiger partial charge in [0.2, 0.25) is 5.91 Å². The highest BCUT2D eigenvalue weighted by molar-refractivity contribution is 5.90. The molecule has 0 aliphatic carbocycles. The Kier molecular flexibility index (Phi) is 4.86. The Hall–Kier alpha value is -3.88. The molecule has 9 heteroatoms. The Labute approximate surface area is 163 Å². The van der Waals surface area contributed by atoms with Crippen LogP contribution in [0.5, 0.6) is 0 Å². The summed E-state index contributed by atoms with van der Waals surface area (Å²) in [6, 6.07) is 12.4. The lowest BCUT2D eigenvalue weighted by molar-refractivity contribution is -0.116. The Morgan fingerprint density at radius 1 is 1.07 bits per heavy atom. The lowest BCUT2D eigenvalue weighted by atomic mass is 10.3. The standard InChI is InChI=1S/C20H15F2N5O2/c21-16-7-6-13(10-17(16)22)25-18(28)8-9-26-12-23-19-15(20(26)29)11-24-27(19)14-4-2-1-3-5-14/h1-7,10-12H,8-9H2,(H,25,28). The fourth-order valence-corrected chi connectivity index (χ4v) is 2.89. The van der Waals surface area contributed by atoms with Crippen molar-refractivity contribution in [2.24, 2.45) is 0 Å². The average Bonchev–Trinajstić information content (AvgIpc) is 3.16. The number of para-hydroxylation sites is 1. The molecule has 0 radical (unpaired) electrons. The van der Waals surface area contributed by atoms with Crippen molar-refractivity contribution in [2.75, 3.05) is 5.32 Å². The van der Waals surface area contributed by atoms with Crippen molar-refractivity contribution in [1.82, 2.24) is 19.3 Å². The maximum Gasteiger partial charge on any atom is 0.264 e. The van der Waals surface area contributed by atoms with Crippen LogP contribution in [0.2, 0.25) is 0 Å². The van der Waals surface area contributed by atoms with E-state index in [0.29, 0.717) is 11.0 Å². The van der Waals surface area contributed by atoms with Gasteiger partial charge in [-0.2, -0.15) is 5.10 Å². The number of carbonyl (C=O) groups excluding carboxylic acids is 1. The zero-order valence-corrected chi connectivity index (χ0v) is 15.0.